The first-order valence-electron chi connectivity index (χ1n) is 13.0. The van der Waals surface area contributed by atoms with E-state index < -0.39 is 23.8 Å². The highest BCUT2D eigenvalue weighted by molar-refractivity contribution is 5.89. The summed E-state index contributed by atoms with van der Waals surface area (Å²) in [6.07, 6.45) is 4.08. The third kappa shape index (κ3) is 3.13. The summed E-state index contributed by atoms with van der Waals surface area (Å²) in [5.74, 6) is -1.02. The highest BCUT2D eigenvalue weighted by Crippen LogP contribution is 2.58. The number of carbonyl (C=O) groups excluding carboxylic acids is 1. The van der Waals surface area contributed by atoms with Gasteiger partial charge in [-0.1, -0.05) is 48.5 Å². The van der Waals surface area contributed by atoms with Gasteiger partial charge in [-0.25, -0.2) is 9.59 Å². The zero-order chi connectivity index (χ0) is 25.1. The zero-order valence-electron chi connectivity index (χ0n) is 20.3. The summed E-state index contributed by atoms with van der Waals surface area (Å²) < 4.78 is -0.355. The average molecular weight is 491 g/mol. The van der Waals surface area contributed by atoms with Gasteiger partial charge in [0.1, 0.15) is 18.3 Å². The number of amides is 3. The number of fused-ring (bicyclic) bond motifs is 2. The number of hydrogen-bond donors (Lipinski definition) is 2. The number of nitrogens with zero attached hydrogens (tertiary/aromatic N) is 3. The predicted octanol–water partition coefficient (Wildman–Crippen LogP) is 4.67. The van der Waals surface area contributed by atoms with Gasteiger partial charge in [0.25, 0.3) is 0 Å². The minimum atomic E-state index is -0.997. The average Bonchev–Trinajstić information content (AvgIpc) is 3.56. The second-order valence-electron chi connectivity index (χ2n) is 10.8. The smallest absolute Gasteiger partial charge is 0.480 e. The Morgan fingerprint density at radius 3 is 2.33 bits per heavy atom. The van der Waals surface area contributed by atoms with Crippen molar-refractivity contribution < 1.29 is 24.6 Å². The number of carboxylic acids is 1. The van der Waals surface area contributed by atoms with Crippen LogP contribution in [0.2, 0.25) is 0 Å². The number of urea groups is 1. The van der Waals surface area contributed by atoms with E-state index in [0.717, 1.165) is 48.9 Å². The summed E-state index contributed by atoms with van der Waals surface area (Å²) in [6, 6.07) is 16.3. The summed E-state index contributed by atoms with van der Waals surface area (Å²) in [5, 5.41) is 20.9. The van der Waals surface area contributed by atoms with Crippen LogP contribution >= 0.6 is 0 Å². The van der Waals surface area contributed by atoms with Crippen molar-refractivity contribution in [1.29, 1.82) is 0 Å². The highest BCUT2D eigenvalue weighted by Gasteiger charge is 2.72. The number of carbonyl (C=O) groups is 3. The van der Waals surface area contributed by atoms with E-state index in [0.29, 0.717) is 19.4 Å². The van der Waals surface area contributed by atoms with Gasteiger partial charge in [-0.3, -0.25) is 4.90 Å². The van der Waals surface area contributed by atoms with E-state index >= 15 is 0 Å². The molecule has 2 heterocycles. The molecule has 4 aliphatic rings. The lowest BCUT2D eigenvalue weighted by Gasteiger charge is -2.58. The topological polar surface area (TPSA) is 98.2 Å². The molecule has 0 unspecified atom stereocenters. The molecule has 36 heavy (non-hydrogen) atoms. The number of aliphatic carboxylic acids is 1. The molecule has 2 saturated carbocycles. The molecule has 188 valence electrons. The van der Waals surface area contributed by atoms with Crippen molar-refractivity contribution in [1.82, 2.24) is 14.3 Å². The van der Waals surface area contributed by atoms with E-state index in [4.69, 9.17) is 0 Å². The van der Waals surface area contributed by atoms with Gasteiger partial charge < -0.3 is 15.1 Å². The molecule has 2 N–H and O–H groups in total. The molecule has 6 rings (SSSR count). The fourth-order valence-corrected chi connectivity index (χ4v) is 7.24. The van der Waals surface area contributed by atoms with Crippen molar-refractivity contribution in [3.8, 4) is 0 Å². The van der Waals surface area contributed by atoms with Crippen molar-refractivity contribution in [2.75, 3.05) is 6.54 Å². The van der Waals surface area contributed by atoms with E-state index in [1.165, 1.54) is 4.90 Å². The van der Waals surface area contributed by atoms with Gasteiger partial charge in [0, 0.05) is 42.1 Å². The molecular weight excluding hydrogens is 458 g/mol. The molecule has 2 aromatic rings. The second-order valence-corrected chi connectivity index (χ2v) is 10.8. The first-order valence-corrected chi connectivity index (χ1v) is 13.0. The summed E-state index contributed by atoms with van der Waals surface area (Å²) in [4.78, 5) is 43.1. The first kappa shape index (κ1) is 23.0. The number of benzene rings is 2. The van der Waals surface area contributed by atoms with Crippen molar-refractivity contribution in [3.63, 3.8) is 0 Å². The van der Waals surface area contributed by atoms with E-state index in [2.05, 4.69) is 0 Å². The van der Waals surface area contributed by atoms with Crippen LogP contribution in [0.1, 0.15) is 49.7 Å². The van der Waals surface area contributed by atoms with E-state index in [1.54, 1.807) is 0 Å². The molecule has 3 amide bonds. The van der Waals surface area contributed by atoms with Crippen LogP contribution in [0, 0.1) is 5.92 Å². The van der Waals surface area contributed by atoms with Gasteiger partial charge in [0.2, 0.25) is 0 Å². The molecule has 0 radical (unpaired) electrons. The molecule has 2 aliphatic carbocycles. The fourth-order valence-electron chi connectivity index (χ4n) is 7.24. The van der Waals surface area contributed by atoms with Crippen LogP contribution in [0.25, 0.3) is 0 Å². The summed E-state index contributed by atoms with van der Waals surface area (Å²) in [7, 11) is 0. The molecule has 8 heteroatoms. The maximum Gasteiger partial charge on any atom is 0.521 e. The molecule has 0 aromatic heterocycles. The van der Waals surface area contributed by atoms with Crippen LogP contribution in [-0.4, -0.2) is 62.4 Å². The van der Waals surface area contributed by atoms with E-state index in [-0.39, 0.29) is 29.0 Å². The number of carboxylic acid groups (broad SMARTS) is 2. The lowest BCUT2D eigenvalue weighted by molar-refractivity contribution is -0.147. The minimum Gasteiger partial charge on any atom is -0.480 e. The first-order chi connectivity index (χ1) is 17.4. The Hall–Kier alpha value is -3.39. The summed E-state index contributed by atoms with van der Waals surface area (Å²) in [6.45, 7) is 0.616. The maximum atomic E-state index is 14.2. The Labute approximate surface area is 210 Å². The van der Waals surface area contributed by atoms with Crippen LogP contribution in [0.3, 0.4) is 0 Å². The molecule has 2 aliphatic heterocycles. The Bertz CT molecular complexity index is 1210. The van der Waals surface area contributed by atoms with Crippen LogP contribution in [-0.2, 0) is 17.8 Å². The van der Waals surface area contributed by atoms with Gasteiger partial charge in [-0.2, -0.15) is 9.28 Å². The number of quaternary nitrogens is 1. The van der Waals surface area contributed by atoms with Gasteiger partial charge >= 0.3 is 18.1 Å². The molecule has 0 spiro atoms. The third-order valence-corrected chi connectivity index (χ3v) is 8.96. The monoisotopic (exact) mass is 490 g/mol. The third-order valence-electron chi connectivity index (χ3n) is 8.96. The van der Waals surface area contributed by atoms with Crippen molar-refractivity contribution in [2.24, 2.45) is 5.92 Å². The number of likely N-dealkylation sites (tertiary alicyclic amines) is 1. The standard InChI is InChI=1S/C28H31N3O5/c32-25(33)23-14-16-29(23)26(34)30(22-12-13-22)28-15-6-10-21(28)17-20-9-4-5-11-24(20)31(28,27(35)36)18-19-7-2-1-3-8-19/h1-5,7-9,11,21-23H,6,10,12-18H2,(H-,32,33,35,36)/p+1/t21-,23+,28-,31+/m1/s1. The molecule has 0 bridgehead atoms. The van der Waals surface area contributed by atoms with E-state index in [9.17, 15) is 24.6 Å². The van der Waals surface area contributed by atoms with Crippen molar-refractivity contribution in [3.05, 3.63) is 65.7 Å². The SMILES string of the molecule is O=C(O)[C@@H]1CCN1C(=O)N(C1CC1)[C@@]12CCC[C@@H]1Cc1ccccc1[N@@+]2(Cc1ccccc1)C(=O)O. The summed E-state index contributed by atoms with van der Waals surface area (Å²) >= 11 is 0. The molecule has 4 atom stereocenters. The Morgan fingerprint density at radius 1 is 0.972 bits per heavy atom. The second kappa shape index (κ2) is 8.34. The molecule has 1 saturated heterocycles. The lowest BCUT2D eigenvalue weighted by Crippen LogP contribution is -2.80. The van der Waals surface area contributed by atoms with Gasteiger partial charge in [0.15, 0.2) is 5.66 Å². The van der Waals surface area contributed by atoms with Crippen molar-refractivity contribution in [2.45, 2.75) is 69.2 Å². The van der Waals surface area contributed by atoms with Crippen molar-refractivity contribution >= 4 is 23.8 Å². The highest BCUT2D eigenvalue weighted by atomic mass is 16.4. The van der Waals surface area contributed by atoms with Crippen LogP contribution < -0.4 is 4.48 Å². The van der Waals surface area contributed by atoms with Crippen LogP contribution in [0.4, 0.5) is 15.3 Å². The molecule has 3 fully saturated rings. The molecule has 8 nitrogen and oxygen atoms in total. The lowest BCUT2D eigenvalue weighted by atomic mass is 9.78. The summed E-state index contributed by atoms with van der Waals surface area (Å²) in [5.41, 5.74) is 1.68. The Morgan fingerprint density at radius 2 is 1.69 bits per heavy atom. The van der Waals surface area contributed by atoms with Gasteiger partial charge in [-0.15, -0.1) is 0 Å². The minimum absolute atomic E-state index is 0.0266. The zero-order valence-corrected chi connectivity index (χ0v) is 20.3. The predicted molar refractivity (Wildman–Crippen MR) is 133 cm³/mol. The van der Waals surface area contributed by atoms with Gasteiger partial charge in [0.05, 0.1) is 0 Å². The number of hydrogen-bond acceptors (Lipinski definition) is 3. The van der Waals surface area contributed by atoms with Crippen LogP contribution in [0.5, 0.6) is 0 Å². The van der Waals surface area contributed by atoms with Crippen LogP contribution in [0.15, 0.2) is 54.6 Å². The van der Waals surface area contributed by atoms with E-state index in [1.807, 2.05) is 59.5 Å². The quantitative estimate of drug-likeness (QED) is 0.594. The Kier molecular flexibility index (Phi) is 5.33. The fraction of sp³-hybridized carbons (Fsp3) is 0.464. The Balaban J connectivity index is 1.58. The van der Waals surface area contributed by atoms with Gasteiger partial charge in [-0.05, 0) is 38.5 Å². The number of rotatable bonds is 5. The molecule has 2 aromatic carbocycles. The number of para-hydroxylation sites is 1. The normalized spacial score (nSPS) is 30.6. The largest absolute Gasteiger partial charge is 0.521 e. The molecular formula is C28H32N3O5+. The maximum absolute atomic E-state index is 14.2.